The summed E-state index contributed by atoms with van der Waals surface area (Å²) < 4.78 is 7.35. The van der Waals surface area contributed by atoms with Gasteiger partial charge in [0, 0.05) is 46.3 Å². The Labute approximate surface area is 153 Å². The van der Waals surface area contributed by atoms with E-state index in [0.29, 0.717) is 19.7 Å². The zero-order chi connectivity index (χ0) is 18.1. The van der Waals surface area contributed by atoms with E-state index in [1.54, 1.807) is 4.68 Å². The number of hydrogen-bond acceptors (Lipinski definition) is 6. The van der Waals surface area contributed by atoms with E-state index in [9.17, 15) is 4.79 Å². The molecule has 1 unspecified atom stereocenters. The van der Waals surface area contributed by atoms with Crippen molar-refractivity contribution in [1.29, 1.82) is 0 Å². The van der Waals surface area contributed by atoms with Crippen molar-refractivity contribution in [2.24, 2.45) is 7.05 Å². The van der Waals surface area contributed by atoms with Crippen LogP contribution in [0.15, 0.2) is 6.20 Å². The van der Waals surface area contributed by atoms with E-state index in [1.807, 2.05) is 18.1 Å². The van der Waals surface area contributed by atoms with Crippen molar-refractivity contribution in [3.05, 3.63) is 12.0 Å². The lowest BCUT2D eigenvalue weighted by molar-refractivity contribution is -0.141. The lowest BCUT2D eigenvalue weighted by atomic mass is 10.2. The molecule has 140 valence electrons. The van der Waals surface area contributed by atoms with Crippen molar-refractivity contribution in [3.8, 4) is 0 Å². The van der Waals surface area contributed by atoms with E-state index < -0.39 is 0 Å². The summed E-state index contributed by atoms with van der Waals surface area (Å²) in [6.07, 6.45) is 5.29. The third-order valence-electron chi connectivity index (χ3n) is 5.19. The zero-order valence-corrected chi connectivity index (χ0v) is 15.5. The van der Waals surface area contributed by atoms with Crippen LogP contribution in [0, 0.1) is 0 Å². The first-order chi connectivity index (χ1) is 12.7. The molecule has 2 aromatic rings. The number of fused-ring (bicyclic) bond motifs is 1. The quantitative estimate of drug-likeness (QED) is 0.816. The second-order valence-electron chi connectivity index (χ2n) is 7.03. The molecule has 2 fully saturated rings. The van der Waals surface area contributed by atoms with Gasteiger partial charge in [0.05, 0.1) is 11.6 Å². The lowest BCUT2D eigenvalue weighted by Gasteiger charge is -2.36. The van der Waals surface area contributed by atoms with Gasteiger partial charge in [-0.3, -0.25) is 9.48 Å². The highest BCUT2D eigenvalue weighted by atomic mass is 16.5. The third-order valence-corrected chi connectivity index (χ3v) is 5.19. The van der Waals surface area contributed by atoms with Gasteiger partial charge in [0.25, 0.3) is 5.91 Å². The van der Waals surface area contributed by atoms with Gasteiger partial charge >= 0.3 is 0 Å². The molecule has 2 aliphatic rings. The van der Waals surface area contributed by atoms with Crippen LogP contribution in [-0.2, 0) is 23.0 Å². The SMILES string of the molecule is CCCc1nc(N2CCN(C(=O)C3CCCO3)CC2)c2cnn(C)c2n1. The largest absolute Gasteiger partial charge is 0.368 e. The average molecular weight is 358 g/mol. The van der Waals surface area contributed by atoms with Gasteiger partial charge in [-0.25, -0.2) is 9.97 Å². The first kappa shape index (κ1) is 17.2. The summed E-state index contributed by atoms with van der Waals surface area (Å²) in [6, 6.07) is 0. The molecule has 2 aliphatic heterocycles. The fourth-order valence-electron chi connectivity index (χ4n) is 3.74. The Balaban J connectivity index is 1.52. The molecule has 8 nitrogen and oxygen atoms in total. The molecular formula is C18H26N6O2. The van der Waals surface area contributed by atoms with Gasteiger partial charge in [-0.2, -0.15) is 5.10 Å². The third kappa shape index (κ3) is 3.13. The maximum atomic E-state index is 12.5. The average Bonchev–Trinajstić information content (AvgIpc) is 3.32. The van der Waals surface area contributed by atoms with Gasteiger partial charge in [-0.15, -0.1) is 0 Å². The molecule has 0 bridgehead atoms. The highest BCUT2D eigenvalue weighted by Gasteiger charge is 2.31. The number of aromatic nitrogens is 4. The summed E-state index contributed by atoms with van der Waals surface area (Å²) in [5, 5.41) is 5.33. The number of carbonyl (C=O) groups is 1. The minimum absolute atomic E-state index is 0.142. The molecule has 0 N–H and O–H groups in total. The van der Waals surface area contributed by atoms with Crippen LogP contribution in [0.5, 0.6) is 0 Å². The van der Waals surface area contributed by atoms with E-state index in [4.69, 9.17) is 9.72 Å². The standard InChI is InChI=1S/C18H26N6O2/c1-3-5-15-20-16-13(12-19-22(16)2)17(21-15)23-7-9-24(10-8-23)18(25)14-6-4-11-26-14/h12,14H,3-11H2,1-2H3. The number of piperazine rings is 1. The van der Waals surface area contributed by atoms with Crippen LogP contribution in [0.3, 0.4) is 0 Å². The molecule has 0 radical (unpaired) electrons. The van der Waals surface area contributed by atoms with Crippen molar-refractivity contribution in [1.82, 2.24) is 24.6 Å². The van der Waals surface area contributed by atoms with Crippen LogP contribution in [0.25, 0.3) is 11.0 Å². The molecule has 0 aromatic carbocycles. The van der Waals surface area contributed by atoms with Crippen molar-refractivity contribution < 1.29 is 9.53 Å². The maximum absolute atomic E-state index is 12.5. The van der Waals surface area contributed by atoms with Crippen molar-refractivity contribution in [3.63, 3.8) is 0 Å². The van der Waals surface area contributed by atoms with Crippen LogP contribution in [0.4, 0.5) is 5.82 Å². The van der Waals surface area contributed by atoms with Crippen molar-refractivity contribution in [2.75, 3.05) is 37.7 Å². The Morgan fingerprint density at radius 1 is 1.27 bits per heavy atom. The molecule has 8 heteroatoms. The summed E-state index contributed by atoms with van der Waals surface area (Å²) in [5.41, 5.74) is 0.872. The van der Waals surface area contributed by atoms with Crippen LogP contribution < -0.4 is 4.90 Å². The molecule has 4 heterocycles. The van der Waals surface area contributed by atoms with Crippen LogP contribution >= 0.6 is 0 Å². The fourth-order valence-corrected chi connectivity index (χ4v) is 3.74. The Hall–Kier alpha value is -2.22. The maximum Gasteiger partial charge on any atom is 0.251 e. The second kappa shape index (κ2) is 7.19. The zero-order valence-electron chi connectivity index (χ0n) is 15.5. The molecular weight excluding hydrogens is 332 g/mol. The van der Waals surface area contributed by atoms with E-state index in [1.165, 1.54) is 0 Å². The van der Waals surface area contributed by atoms with Gasteiger partial charge in [-0.1, -0.05) is 6.92 Å². The Morgan fingerprint density at radius 2 is 2.08 bits per heavy atom. The van der Waals surface area contributed by atoms with Crippen molar-refractivity contribution >= 4 is 22.8 Å². The normalized spacial score (nSPS) is 20.9. The molecule has 2 aromatic heterocycles. The van der Waals surface area contributed by atoms with Gasteiger partial charge in [-0.05, 0) is 19.3 Å². The number of ether oxygens (including phenoxy) is 1. The minimum Gasteiger partial charge on any atom is -0.368 e. The van der Waals surface area contributed by atoms with Gasteiger partial charge in [0.2, 0.25) is 0 Å². The fraction of sp³-hybridized carbons (Fsp3) is 0.667. The predicted molar refractivity (Wildman–Crippen MR) is 98.1 cm³/mol. The van der Waals surface area contributed by atoms with Gasteiger partial charge in [0.1, 0.15) is 17.7 Å². The number of nitrogens with zero attached hydrogens (tertiary/aromatic N) is 6. The smallest absolute Gasteiger partial charge is 0.251 e. The van der Waals surface area contributed by atoms with E-state index in [2.05, 4.69) is 21.9 Å². The number of aryl methyl sites for hydroxylation is 2. The minimum atomic E-state index is -0.234. The van der Waals surface area contributed by atoms with Gasteiger partial charge in [0.15, 0.2) is 5.65 Å². The molecule has 0 saturated carbocycles. The number of rotatable bonds is 4. The molecule has 4 rings (SSSR count). The van der Waals surface area contributed by atoms with E-state index >= 15 is 0 Å². The number of anilines is 1. The topological polar surface area (TPSA) is 76.4 Å². The Bertz CT molecular complexity index is 790. The Kier molecular flexibility index (Phi) is 4.76. The monoisotopic (exact) mass is 358 g/mol. The summed E-state index contributed by atoms with van der Waals surface area (Å²) in [5.74, 6) is 1.94. The molecule has 0 spiro atoms. The molecule has 0 aliphatic carbocycles. The first-order valence-electron chi connectivity index (χ1n) is 9.51. The molecule has 1 amide bonds. The highest BCUT2D eigenvalue weighted by Crippen LogP contribution is 2.25. The van der Waals surface area contributed by atoms with Crippen LogP contribution in [0.2, 0.25) is 0 Å². The van der Waals surface area contributed by atoms with E-state index in [0.717, 1.165) is 61.4 Å². The molecule has 2 saturated heterocycles. The Morgan fingerprint density at radius 3 is 2.77 bits per heavy atom. The predicted octanol–water partition coefficient (Wildman–Crippen LogP) is 1.14. The number of amides is 1. The summed E-state index contributed by atoms with van der Waals surface area (Å²) >= 11 is 0. The van der Waals surface area contributed by atoms with Crippen LogP contribution in [-0.4, -0.2) is 69.4 Å². The van der Waals surface area contributed by atoms with Crippen molar-refractivity contribution in [2.45, 2.75) is 38.7 Å². The first-order valence-corrected chi connectivity index (χ1v) is 9.51. The lowest BCUT2D eigenvalue weighted by Crippen LogP contribution is -2.51. The summed E-state index contributed by atoms with van der Waals surface area (Å²) in [7, 11) is 1.91. The van der Waals surface area contributed by atoms with Gasteiger partial charge < -0.3 is 14.5 Å². The number of hydrogen-bond donors (Lipinski definition) is 0. The summed E-state index contributed by atoms with van der Waals surface area (Å²) in [4.78, 5) is 26.2. The van der Waals surface area contributed by atoms with E-state index in [-0.39, 0.29) is 12.0 Å². The van der Waals surface area contributed by atoms with Crippen LogP contribution in [0.1, 0.15) is 32.0 Å². The summed E-state index contributed by atoms with van der Waals surface area (Å²) in [6.45, 7) is 5.78. The second-order valence-corrected chi connectivity index (χ2v) is 7.03. The molecule has 1 atom stereocenters. The highest BCUT2D eigenvalue weighted by molar-refractivity contribution is 5.87. The number of carbonyl (C=O) groups excluding carboxylic acids is 1. The molecule has 26 heavy (non-hydrogen) atoms.